The van der Waals surface area contributed by atoms with Gasteiger partial charge in [-0.15, -0.1) is 65.4 Å². The topological polar surface area (TPSA) is 51.8 Å². The maximum atomic E-state index is 8.79. The molecule has 0 aliphatic heterocycles. The summed E-state index contributed by atoms with van der Waals surface area (Å²) in [6.07, 6.45) is 0.738. The summed E-state index contributed by atoms with van der Waals surface area (Å²) in [5.74, 6) is 0. The first-order chi connectivity index (χ1) is 23.4. The van der Waals surface area contributed by atoms with E-state index in [0.29, 0.717) is 22.4 Å². The molecule has 0 aliphatic carbocycles. The molecular weight excluding hydrogens is 727 g/mol. The van der Waals surface area contributed by atoms with Crippen molar-refractivity contribution < 1.29 is 35.5 Å². The van der Waals surface area contributed by atoms with Crippen molar-refractivity contribution in [2.24, 2.45) is 5.41 Å². The molecule has 1 radical (unpaired) electrons. The Kier molecular flexibility index (Phi) is 6.37. The van der Waals surface area contributed by atoms with Crippen molar-refractivity contribution in [3.63, 3.8) is 0 Å². The van der Waals surface area contributed by atoms with Crippen LogP contribution >= 0.6 is 11.3 Å². The Hall–Kier alpha value is -3.70. The molecule has 0 atom stereocenters. The summed E-state index contributed by atoms with van der Waals surface area (Å²) < 4.78 is 70.5. The Morgan fingerprint density at radius 3 is 2.47 bits per heavy atom. The quantitative estimate of drug-likeness (QED) is 0.168. The smallest absolute Gasteiger partial charge is 0.148 e. The van der Waals surface area contributed by atoms with E-state index in [4.69, 9.17) is 15.4 Å². The molecule has 4 aromatic heterocycles. The Morgan fingerprint density at radius 1 is 0.907 bits per heavy atom. The van der Waals surface area contributed by atoms with Crippen LogP contribution in [0.25, 0.3) is 54.7 Å². The van der Waals surface area contributed by atoms with E-state index in [0.717, 1.165) is 37.3 Å². The fourth-order valence-corrected chi connectivity index (χ4v) is 5.52. The summed E-state index contributed by atoms with van der Waals surface area (Å²) in [7, 11) is 0. The van der Waals surface area contributed by atoms with Gasteiger partial charge < -0.3 is 14.4 Å². The Balaban J connectivity index is 0.000000249. The number of aryl methyl sites for hydroxylation is 3. The molecule has 3 aromatic carbocycles. The Bertz CT molecular complexity index is 2330. The summed E-state index contributed by atoms with van der Waals surface area (Å²) in [6.45, 7) is 2.63. The predicted octanol–water partition coefficient (Wildman–Crippen LogP) is 10.1. The molecule has 0 unspecified atom stereocenters. The number of pyridine rings is 2. The van der Waals surface area contributed by atoms with Gasteiger partial charge in [0, 0.05) is 48.9 Å². The second kappa shape index (κ2) is 12.5. The van der Waals surface area contributed by atoms with E-state index in [1.54, 1.807) is 56.4 Å². The maximum Gasteiger partial charge on any atom is 0.148 e. The molecule has 219 valence electrons. The van der Waals surface area contributed by atoms with E-state index in [1.807, 2.05) is 43.3 Å². The first-order valence-corrected chi connectivity index (χ1v) is 14.3. The summed E-state index contributed by atoms with van der Waals surface area (Å²) in [5, 5.41) is 2.75. The van der Waals surface area contributed by atoms with Crippen LogP contribution in [0.3, 0.4) is 0 Å². The van der Waals surface area contributed by atoms with Crippen molar-refractivity contribution >= 4 is 43.5 Å². The zero-order valence-corrected chi connectivity index (χ0v) is 27.2. The van der Waals surface area contributed by atoms with E-state index in [2.05, 4.69) is 27.1 Å². The molecule has 7 rings (SSSR count). The van der Waals surface area contributed by atoms with Crippen molar-refractivity contribution in [3.8, 4) is 22.5 Å². The fraction of sp³-hybridized carbons (Fsp3) is 0.216. The average Bonchev–Trinajstić information content (AvgIpc) is 3.64. The van der Waals surface area contributed by atoms with Crippen LogP contribution in [0.5, 0.6) is 0 Å². The van der Waals surface area contributed by atoms with Gasteiger partial charge >= 0.3 is 0 Å². The molecule has 43 heavy (non-hydrogen) atoms. The van der Waals surface area contributed by atoms with Crippen molar-refractivity contribution in [1.82, 2.24) is 15.0 Å². The number of fused-ring (bicyclic) bond motifs is 5. The Morgan fingerprint density at radius 2 is 1.74 bits per heavy atom. The number of hydrogen-bond donors (Lipinski definition) is 0. The van der Waals surface area contributed by atoms with Gasteiger partial charge in [-0.1, -0.05) is 61.5 Å². The van der Waals surface area contributed by atoms with Crippen LogP contribution in [0.15, 0.2) is 83.5 Å². The minimum atomic E-state index is -2.50. The van der Waals surface area contributed by atoms with Crippen molar-refractivity contribution in [1.29, 1.82) is 0 Å². The largest absolute Gasteiger partial charge is 0.498 e. The van der Waals surface area contributed by atoms with E-state index in [-0.39, 0.29) is 36.8 Å². The van der Waals surface area contributed by atoms with E-state index < -0.39 is 25.5 Å². The number of furan rings is 1. The first-order valence-electron chi connectivity index (χ1n) is 17.4. The zero-order chi connectivity index (χ0) is 36.2. The number of thiazole rings is 1. The van der Waals surface area contributed by atoms with Crippen LogP contribution < -0.4 is 0 Å². The third kappa shape index (κ3) is 6.62. The van der Waals surface area contributed by atoms with Gasteiger partial charge in [-0.2, -0.15) is 0 Å². The van der Waals surface area contributed by atoms with Gasteiger partial charge in [-0.25, -0.2) is 4.98 Å². The number of nitrogens with zero attached hydrogens (tertiary/aromatic N) is 3. The number of rotatable bonds is 3. The van der Waals surface area contributed by atoms with Crippen molar-refractivity contribution in [2.45, 2.75) is 47.8 Å². The van der Waals surface area contributed by atoms with Gasteiger partial charge in [-0.3, -0.25) is 0 Å². The van der Waals surface area contributed by atoms with Crippen LogP contribution in [-0.4, -0.2) is 15.0 Å². The van der Waals surface area contributed by atoms with E-state index in [9.17, 15) is 0 Å². The van der Waals surface area contributed by atoms with Crippen LogP contribution in [0.4, 0.5) is 0 Å². The molecule has 0 saturated carbocycles. The first kappa shape index (κ1) is 21.9. The number of hydrogen-bond acceptors (Lipinski definition) is 5. The second-order valence-corrected chi connectivity index (χ2v) is 12.2. The molecule has 0 N–H and O–H groups in total. The molecular formula is C37H33IrN3OS-2. The molecule has 0 saturated heterocycles. The van der Waals surface area contributed by atoms with Gasteiger partial charge in [0.1, 0.15) is 11.1 Å². The van der Waals surface area contributed by atoms with Crippen LogP contribution in [-0.2, 0) is 26.5 Å². The molecule has 0 amide bonds. The van der Waals surface area contributed by atoms with Gasteiger partial charge in [-0.05, 0) is 61.0 Å². The van der Waals surface area contributed by atoms with Gasteiger partial charge in [0.2, 0.25) is 0 Å². The fourth-order valence-electron chi connectivity index (χ4n) is 4.70. The molecule has 4 nitrogen and oxygen atoms in total. The molecule has 7 aromatic rings. The summed E-state index contributed by atoms with van der Waals surface area (Å²) in [6, 6.07) is 26.2. The SMILES string of the molecule is [2H]C([2H])([2H])c1ccc(-c2[c-]cccc2)nc1.[2H]C([2H])([2H])c1cnc(-c2[c-]ccc3c2oc2c3ccc3sc(C)nc32)cc1C([2H])([2H])C(C)(C)C.[Ir]. The van der Waals surface area contributed by atoms with Crippen LogP contribution in [0.2, 0.25) is 0 Å². The third-order valence-electron chi connectivity index (χ3n) is 6.48. The number of benzene rings is 3. The summed E-state index contributed by atoms with van der Waals surface area (Å²) >= 11 is 1.60. The van der Waals surface area contributed by atoms with Crippen molar-refractivity contribution in [2.75, 3.05) is 0 Å². The maximum absolute atomic E-state index is 8.79. The standard InChI is InChI=1S/C25H23N2OS.C12H10N.Ir/c1-14-13-26-20(11-16(14)12-25(3,4)5)19-8-6-7-17-18-9-10-21-22(27-15(2)29-21)24(18)28-23(17)19;1-10-7-8-12(13-9-10)11-5-3-2-4-6-11;/h6-7,9-11,13H,12H2,1-5H3;2-5,7-9H,1H3;/q2*-1;/i1D3,12D2;1D3;. The molecule has 0 spiro atoms. The van der Waals surface area contributed by atoms with Crippen molar-refractivity contribution in [3.05, 3.63) is 113 Å². The summed E-state index contributed by atoms with van der Waals surface area (Å²) in [5.41, 5.74) is 4.03. The Labute approximate surface area is 281 Å². The second-order valence-electron chi connectivity index (χ2n) is 10.9. The van der Waals surface area contributed by atoms with Crippen LogP contribution in [0.1, 0.15) is 53.4 Å². The minimum Gasteiger partial charge on any atom is -0.498 e. The van der Waals surface area contributed by atoms with Gasteiger partial charge in [0.15, 0.2) is 0 Å². The summed E-state index contributed by atoms with van der Waals surface area (Å²) in [4.78, 5) is 13.2. The monoisotopic (exact) mass is 768 g/mol. The van der Waals surface area contributed by atoms with Gasteiger partial charge in [0.05, 0.1) is 15.3 Å². The number of aromatic nitrogens is 3. The molecule has 4 heterocycles. The van der Waals surface area contributed by atoms with E-state index >= 15 is 0 Å². The zero-order valence-electron chi connectivity index (χ0n) is 32.0. The minimum absolute atomic E-state index is 0. The van der Waals surface area contributed by atoms with Gasteiger partial charge in [0.25, 0.3) is 0 Å². The molecule has 0 aliphatic rings. The molecule has 6 heteroatoms. The predicted molar refractivity (Wildman–Crippen MR) is 175 cm³/mol. The third-order valence-corrected chi connectivity index (χ3v) is 7.42. The van der Waals surface area contributed by atoms with Crippen LogP contribution in [0, 0.1) is 38.2 Å². The van der Waals surface area contributed by atoms with E-state index in [1.165, 1.54) is 18.5 Å². The normalized spacial score (nSPS) is 15.1. The molecule has 0 fully saturated rings. The molecule has 0 bridgehead atoms. The average molecular weight is 768 g/mol.